The summed E-state index contributed by atoms with van der Waals surface area (Å²) in [6.07, 6.45) is 0. The Bertz CT molecular complexity index is 774. The molecule has 0 atom stereocenters. The fraction of sp³-hybridized carbons (Fsp3) is 0.435. The van der Waals surface area contributed by atoms with Gasteiger partial charge in [-0.3, -0.25) is 0 Å². The number of benzene rings is 2. The third kappa shape index (κ3) is 4.82. The normalized spacial score (nSPS) is 15.0. The first-order valence-electron chi connectivity index (χ1n) is 9.77. The number of anilines is 1. The average Bonchev–Trinajstić information content (AvgIpc) is 2.67. The molecule has 2 aromatic rings. The lowest BCUT2D eigenvalue weighted by Gasteiger charge is -2.37. The van der Waals surface area contributed by atoms with Gasteiger partial charge in [0.2, 0.25) is 0 Å². The predicted octanol–water partition coefficient (Wildman–Crippen LogP) is 4.11. The second-order valence-corrected chi connectivity index (χ2v) is 8.22. The minimum atomic E-state index is -0.0905. The molecule has 3 rings (SSSR count). The maximum Gasteiger partial charge on any atom is 0.317 e. The quantitative estimate of drug-likeness (QED) is 0.885. The van der Waals surface area contributed by atoms with Gasteiger partial charge in [-0.2, -0.15) is 0 Å². The van der Waals surface area contributed by atoms with Crippen LogP contribution in [0.1, 0.15) is 30.5 Å². The largest absolute Gasteiger partial charge is 0.368 e. The van der Waals surface area contributed by atoms with E-state index in [1.165, 1.54) is 22.4 Å². The molecule has 1 aliphatic heterocycles. The topological polar surface area (TPSA) is 35.6 Å². The molecule has 0 bridgehead atoms. The molecule has 0 aliphatic carbocycles. The summed E-state index contributed by atoms with van der Waals surface area (Å²) in [6.45, 7) is 12.4. The van der Waals surface area contributed by atoms with Gasteiger partial charge in [-0.1, -0.05) is 55.8 Å². The molecule has 144 valence electrons. The van der Waals surface area contributed by atoms with Crippen LogP contribution in [-0.2, 0) is 5.41 Å². The SMILES string of the molecule is Cc1ccc(C(C)(C)CNC(=O)N2CCN(c3cccc(C)c3)CC2)cc1. The van der Waals surface area contributed by atoms with Gasteiger partial charge in [0.15, 0.2) is 0 Å². The standard InChI is InChI=1S/C23H31N3O/c1-18-8-10-20(11-9-18)23(3,4)17-24-22(27)26-14-12-25(13-15-26)21-7-5-6-19(2)16-21/h5-11,16H,12-15,17H2,1-4H3,(H,24,27). The first kappa shape index (κ1) is 19.3. The molecule has 4 heteroatoms. The van der Waals surface area contributed by atoms with Crippen LogP contribution >= 0.6 is 0 Å². The van der Waals surface area contributed by atoms with Gasteiger partial charge >= 0.3 is 6.03 Å². The summed E-state index contributed by atoms with van der Waals surface area (Å²) in [5, 5.41) is 3.14. The molecule has 4 nitrogen and oxygen atoms in total. The number of carbonyl (C=O) groups excluding carboxylic acids is 1. The highest BCUT2D eigenvalue weighted by molar-refractivity contribution is 5.74. The van der Waals surface area contributed by atoms with Gasteiger partial charge in [0.25, 0.3) is 0 Å². The maximum atomic E-state index is 12.6. The van der Waals surface area contributed by atoms with Crippen LogP contribution < -0.4 is 10.2 Å². The van der Waals surface area contributed by atoms with Crippen LogP contribution in [-0.4, -0.2) is 43.7 Å². The molecule has 0 aromatic heterocycles. The molecule has 1 heterocycles. The highest BCUT2D eigenvalue weighted by Crippen LogP contribution is 2.23. The Morgan fingerprint density at radius 2 is 1.63 bits per heavy atom. The number of piperazine rings is 1. The molecule has 0 saturated carbocycles. The number of aryl methyl sites for hydroxylation is 2. The number of nitrogens with one attached hydrogen (secondary N) is 1. The smallest absolute Gasteiger partial charge is 0.317 e. The summed E-state index contributed by atoms with van der Waals surface area (Å²) in [4.78, 5) is 16.9. The second kappa shape index (κ2) is 8.03. The van der Waals surface area contributed by atoms with Crippen molar-refractivity contribution in [2.75, 3.05) is 37.6 Å². The number of nitrogens with zero attached hydrogens (tertiary/aromatic N) is 2. The number of hydrogen-bond acceptors (Lipinski definition) is 2. The molecule has 0 unspecified atom stereocenters. The lowest BCUT2D eigenvalue weighted by Crippen LogP contribution is -2.53. The number of carbonyl (C=O) groups is 1. The summed E-state index contributed by atoms with van der Waals surface area (Å²) in [5.41, 5.74) is 4.93. The van der Waals surface area contributed by atoms with Crippen LogP contribution in [0.2, 0.25) is 0 Å². The monoisotopic (exact) mass is 365 g/mol. The Morgan fingerprint density at radius 3 is 2.26 bits per heavy atom. The third-order valence-electron chi connectivity index (χ3n) is 5.45. The van der Waals surface area contributed by atoms with Crippen LogP contribution in [0.25, 0.3) is 0 Å². The van der Waals surface area contributed by atoms with Gasteiger partial charge in [-0.25, -0.2) is 4.79 Å². The van der Waals surface area contributed by atoms with Crippen molar-refractivity contribution in [3.63, 3.8) is 0 Å². The Morgan fingerprint density at radius 1 is 0.963 bits per heavy atom. The van der Waals surface area contributed by atoms with Crippen LogP contribution in [0, 0.1) is 13.8 Å². The van der Waals surface area contributed by atoms with E-state index in [1.54, 1.807) is 0 Å². The summed E-state index contributed by atoms with van der Waals surface area (Å²) >= 11 is 0. The van der Waals surface area contributed by atoms with Crippen molar-refractivity contribution in [2.24, 2.45) is 0 Å². The van der Waals surface area contributed by atoms with Crippen molar-refractivity contribution in [3.05, 3.63) is 65.2 Å². The van der Waals surface area contributed by atoms with Gasteiger partial charge in [0, 0.05) is 43.8 Å². The Balaban J connectivity index is 1.51. The van der Waals surface area contributed by atoms with Crippen molar-refractivity contribution < 1.29 is 4.79 Å². The lowest BCUT2D eigenvalue weighted by atomic mass is 9.84. The number of hydrogen-bond donors (Lipinski definition) is 1. The Labute approximate surface area is 163 Å². The third-order valence-corrected chi connectivity index (χ3v) is 5.45. The highest BCUT2D eigenvalue weighted by atomic mass is 16.2. The van der Waals surface area contributed by atoms with Crippen LogP contribution in [0.15, 0.2) is 48.5 Å². The number of rotatable bonds is 4. The molecular weight excluding hydrogens is 334 g/mol. The van der Waals surface area contributed by atoms with Gasteiger partial charge < -0.3 is 15.1 Å². The van der Waals surface area contributed by atoms with E-state index < -0.39 is 0 Å². The number of amides is 2. The molecule has 1 fully saturated rings. The van der Waals surface area contributed by atoms with Gasteiger partial charge in [0.1, 0.15) is 0 Å². The maximum absolute atomic E-state index is 12.6. The van der Waals surface area contributed by atoms with E-state index in [9.17, 15) is 4.79 Å². The van der Waals surface area contributed by atoms with Crippen molar-refractivity contribution in [1.29, 1.82) is 0 Å². The van der Waals surface area contributed by atoms with Crippen LogP contribution in [0.3, 0.4) is 0 Å². The molecule has 0 radical (unpaired) electrons. The van der Waals surface area contributed by atoms with E-state index in [0.29, 0.717) is 6.54 Å². The van der Waals surface area contributed by atoms with Crippen LogP contribution in [0.5, 0.6) is 0 Å². The Kier molecular flexibility index (Phi) is 5.73. The van der Waals surface area contributed by atoms with E-state index in [2.05, 4.69) is 86.4 Å². The van der Waals surface area contributed by atoms with E-state index in [-0.39, 0.29) is 11.4 Å². The minimum absolute atomic E-state index is 0.0408. The lowest BCUT2D eigenvalue weighted by molar-refractivity contribution is 0.192. The molecule has 2 aromatic carbocycles. The minimum Gasteiger partial charge on any atom is -0.368 e. The zero-order valence-corrected chi connectivity index (χ0v) is 17.0. The zero-order chi connectivity index (χ0) is 19.4. The molecule has 1 saturated heterocycles. The molecule has 2 amide bonds. The zero-order valence-electron chi connectivity index (χ0n) is 17.0. The van der Waals surface area contributed by atoms with E-state index >= 15 is 0 Å². The van der Waals surface area contributed by atoms with Crippen molar-refractivity contribution in [1.82, 2.24) is 10.2 Å². The first-order valence-corrected chi connectivity index (χ1v) is 9.77. The molecule has 0 spiro atoms. The summed E-state index contributed by atoms with van der Waals surface area (Å²) in [5.74, 6) is 0. The van der Waals surface area contributed by atoms with E-state index in [4.69, 9.17) is 0 Å². The first-order chi connectivity index (χ1) is 12.8. The van der Waals surface area contributed by atoms with Crippen molar-refractivity contribution in [3.8, 4) is 0 Å². The summed E-state index contributed by atoms with van der Waals surface area (Å²) in [7, 11) is 0. The highest BCUT2D eigenvalue weighted by Gasteiger charge is 2.25. The van der Waals surface area contributed by atoms with Gasteiger partial charge in [-0.05, 0) is 37.1 Å². The summed E-state index contributed by atoms with van der Waals surface area (Å²) < 4.78 is 0. The Hall–Kier alpha value is -2.49. The van der Waals surface area contributed by atoms with Gasteiger partial charge in [-0.15, -0.1) is 0 Å². The number of urea groups is 1. The van der Waals surface area contributed by atoms with Gasteiger partial charge in [0.05, 0.1) is 0 Å². The molecule has 1 aliphatic rings. The molecule has 27 heavy (non-hydrogen) atoms. The van der Waals surface area contributed by atoms with Crippen LogP contribution in [0.4, 0.5) is 10.5 Å². The average molecular weight is 366 g/mol. The van der Waals surface area contributed by atoms with E-state index in [1.807, 2.05) is 4.90 Å². The van der Waals surface area contributed by atoms with E-state index in [0.717, 1.165) is 26.2 Å². The molecular formula is C23H31N3O. The van der Waals surface area contributed by atoms with Crippen molar-refractivity contribution >= 4 is 11.7 Å². The molecule has 1 N–H and O–H groups in total. The fourth-order valence-electron chi connectivity index (χ4n) is 3.51. The summed E-state index contributed by atoms with van der Waals surface area (Å²) in [6, 6.07) is 17.2. The van der Waals surface area contributed by atoms with Crippen molar-refractivity contribution in [2.45, 2.75) is 33.1 Å². The fourth-order valence-corrected chi connectivity index (χ4v) is 3.51. The predicted molar refractivity (Wildman–Crippen MR) is 113 cm³/mol. The second-order valence-electron chi connectivity index (χ2n) is 8.22.